The van der Waals surface area contributed by atoms with Gasteiger partial charge >= 0.3 is 5.97 Å². The van der Waals surface area contributed by atoms with Crippen molar-refractivity contribution in [3.8, 4) is 11.5 Å². The van der Waals surface area contributed by atoms with Gasteiger partial charge in [-0.2, -0.15) is 0 Å². The van der Waals surface area contributed by atoms with Gasteiger partial charge in [0.15, 0.2) is 6.29 Å². The van der Waals surface area contributed by atoms with Gasteiger partial charge in [0.2, 0.25) is 0 Å². The lowest BCUT2D eigenvalue weighted by Gasteiger charge is -2.17. The number of nitrogen functional groups attached to an aromatic ring is 1. The summed E-state index contributed by atoms with van der Waals surface area (Å²) in [7, 11) is 2.95. The van der Waals surface area contributed by atoms with E-state index in [1.54, 1.807) is 32.2 Å². The van der Waals surface area contributed by atoms with E-state index in [9.17, 15) is 4.79 Å². The first-order valence-corrected chi connectivity index (χ1v) is 8.51. The maximum Gasteiger partial charge on any atom is 0.311 e. The van der Waals surface area contributed by atoms with Crippen molar-refractivity contribution in [3.63, 3.8) is 0 Å². The van der Waals surface area contributed by atoms with E-state index in [1.807, 2.05) is 0 Å². The minimum Gasteiger partial charge on any atom is -0.497 e. The van der Waals surface area contributed by atoms with Gasteiger partial charge < -0.3 is 34.2 Å². The van der Waals surface area contributed by atoms with Crippen LogP contribution in [0.1, 0.15) is 13.3 Å². The zero-order valence-corrected chi connectivity index (χ0v) is 15.4. The highest BCUT2D eigenvalue weighted by atomic mass is 16.7. The molecule has 1 aromatic carbocycles. The molecule has 2 rings (SSSR count). The summed E-state index contributed by atoms with van der Waals surface area (Å²) < 4.78 is 32.1. The Bertz CT molecular complexity index is 581. The van der Waals surface area contributed by atoms with Crippen molar-refractivity contribution in [1.29, 1.82) is 0 Å². The lowest BCUT2D eigenvalue weighted by atomic mass is 10.1. The average molecular weight is 369 g/mol. The Morgan fingerprint density at radius 1 is 1.27 bits per heavy atom. The summed E-state index contributed by atoms with van der Waals surface area (Å²) in [6, 6.07) is 5.15. The molecule has 0 radical (unpaired) electrons. The molecule has 8 heteroatoms. The minimum atomic E-state index is -0.462. The van der Waals surface area contributed by atoms with Crippen molar-refractivity contribution in [3.05, 3.63) is 18.2 Å². The van der Waals surface area contributed by atoms with Crippen molar-refractivity contribution in [2.75, 3.05) is 46.4 Å². The minimum absolute atomic E-state index is 0.0902. The van der Waals surface area contributed by atoms with E-state index in [0.29, 0.717) is 50.0 Å². The van der Waals surface area contributed by atoms with E-state index in [4.69, 9.17) is 34.2 Å². The second-order valence-electron chi connectivity index (χ2n) is 5.98. The largest absolute Gasteiger partial charge is 0.497 e. The highest BCUT2D eigenvalue weighted by molar-refractivity contribution is 5.72. The van der Waals surface area contributed by atoms with Crippen LogP contribution in [-0.4, -0.2) is 59.0 Å². The normalized spacial score (nSPS) is 20.6. The van der Waals surface area contributed by atoms with Crippen LogP contribution in [0.15, 0.2) is 18.2 Å². The number of ether oxygens (including phenoxy) is 6. The van der Waals surface area contributed by atoms with E-state index in [-0.39, 0.29) is 18.0 Å². The maximum atomic E-state index is 11.4. The number of rotatable bonds is 10. The fourth-order valence-corrected chi connectivity index (χ4v) is 2.65. The fourth-order valence-electron chi connectivity index (χ4n) is 2.65. The Hall–Kier alpha value is -2.03. The van der Waals surface area contributed by atoms with Crippen LogP contribution in [0.2, 0.25) is 0 Å². The average Bonchev–Trinajstić information content (AvgIpc) is 3.09. The molecule has 3 atom stereocenters. The molecule has 26 heavy (non-hydrogen) atoms. The zero-order chi connectivity index (χ0) is 18.9. The van der Waals surface area contributed by atoms with Crippen LogP contribution in [-0.2, 0) is 23.7 Å². The third-order valence-corrected chi connectivity index (χ3v) is 3.94. The van der Waals surface area contributed by atoms with E-state index in [1.165, 1.54) is 7.11 Å². The van der Waals surface area contributed by atoms with Crippen LogP contribution < -0.4 is 15.2 Å². The summed E-state index contributed by atoms with van der Waals surface area (Å²) in [5.41, 5.74) is 6.34. The number of anilines is 1. The van der Waals surface area contributed by atoms with Crippen LogP contribution >= 0.6 is 0 Å². The number of nitrogens with two attached hydrogens (primary N) is 1. The Labute approximate surface area is 153 Å². The van der Waals surface area contributed by atoms with Crippen molar-refractivity contribution in [2.24, 2.45) is 5.92 Å². The molecule has 1 aliphatic heterocycles. The number of hydrogen-bond acceptors (Lipinski definition) is 8. The zero-order valence-electron chi connectivity index (χ0n) is 15.4. The first-order chi connectivity index (χ1) is 12.5. The summed E-state index contributed by atoms with van der Waals surface area (Å²) in [6.45, 7) is 3.35. The van der Waals surface area contributed by atoms with Crippen molar-refractivity contribution < 1.29 is 33.2 Å². The summed E-state index contributed by atoms with van der Waals surface area (Å²) in [4.78, 5) is 11.4. The summed E-state index contributed by atoms with van der Waals surface area (Å²) in [6.07, 6.45) is 0.0636. The molecule has 1 aliphatic rings. The van der Waals surface area contributed by atoms with Gasteiger partial charge in [-0.15, -0.1) is 0 Å². The molecule has 1 aromatic rings. The van der Waals surface area contributed by atoms with Gasteiger partial charge in [0.1, 0.15) is 11.5 Å². The molecule has 0 spiro atoms. The van der Waals surface area contributed by atoms with Crippen molar-refractivity contribution in [1.82, 2.24) is 0 Å². The number of methoxy groups -OCH3 is 2. The first-order valence-electron chi connectivity index (χ1n) is 8.51. The second-order valence-corrected chi connectivity index (χ2v) is 5.98. The van der Waals surface area contributed by atoms with Gasteiger partial charge in [-0.1, -0.05) is 0 Å². The van der Waals surface area contributed by atoms with E-state index in [2.05, 4.69) is 0 Å². The predicted octanol–water partition coefficient (Wildman–Crippen LogP) is 1.61. The fraction of sp³-hybridized carbons (Fsp3) is 0.611. The quantitative estimate of drug-likeness (QED) is 0.287. The van der Waals surface area contributed by atoms with Crippen molar-refractivity contribution >= 4 is 11.7 Å². The SMILES string of the molecule is COC(=O)C1COC(COCCOC(C)Oc2cc(N)cc(OC)c2)C1. The van der Waals surface area contributed by atoms with Gasteiger partial charge in [-0.25, -0.2) is 0 Å². The summed E-state index contributed by atoms with van der Waals surface area (Å²) in [5, 5.41) is 0. The van der Waals surface area contributed by atoms with Gasteiger partial charge in [0.05, 0.1) is 52.7 Å². The molecular formula is C18H27NO7. The molecule has 0 aromatic heterocycles. The molecular weight excluding hydrogens is 342 g/mol. The third kappa shape index (κ3) is 6.36. The van der Waals surface area contributed by atoms with Gasteiger partial charge in [-0.3, -0.25) is 4.79 Å². The molecule has 1 saturated heterocycles. The number of hydrogen-bond donors (Lipinski definition) is 1. The second kappa shape index (κ2) is 10.2. The molecule has 1 fully saturated rings. The first kappa shape index (κ1) is 20.3. The van der Waals surface area contributed by atoms with E-state index >= 15 is 0 Å². The van der Waals surface area contributed by atoms with Crippen LogP contribution in [0, 0.1) is 5.92 Å². The topological polar surface area (TPSA) is 98.5 Å². The van der Waals surface area contributed by atoms with Crippen LogP contribution in [0.25, 0.3) is 0 Å². The number of carbonyl (C=O) groups is 1. The van der Waals surface area contributed by atoms with Crippen molar-refractivity contribution in [2.45, 2.75) is 25.7 Å². The molecule has 1 heterocycles. The molecule has 0 saturated carbocycles. The number of benzene rings is 1. The molecule has 146 valence electrons. The molecule has 0 bridgehead atoms. The summed E-state index contributed by atoms with van der Waals surface area (Å²) in [5.74, 6) is 0.759. The standard InChI is InChI=1S/C18H27NO7/c1-12(26-16-8-14(19)7-15(9-16)21-2)24-5-4-23-11-17-6-13(10-25-17)18(20)22-3/h7-9,12-13,17H,4-6,10-11,19H2,1-3H3. The summed E-state index contributed by atoms with van der Waals surface area (Å²) >= 11 is 0. The maximum absolute atomic E-state index is 11.4. The van der Waals surface area contributed by atoms with E-state index in [0.717, 1.165) is 0 Å². The van der Waals surface area contributed by atoms with Gasteiger partial charge in [-0.05, 0) is 13.3 Å². The molecule has 0 aliphatic carbocycles. The monoisotopic (exact) mass is 369 g/mol. The van der Waals surface area contributed by atoms with Gasteiger partial charge in [0.25, 0.3) is 0 Å². The Morgan fingerprint density at radius 2 is 2.04 bits per heavy atom. The van der Waals surface area contributed by atoms with Gasteiger partial charge in [0, 0.05) is 23.9 Å². The van der Waals surface area contributed by atoms with E-state index < -0.39 is 6.29 Å². The molecule has 2 N–H and O–H groups in total. The smallest absolute Gasteiger partial charge is 0.311 e. The highest BCUT2D eigenvalue weighted by Crippen LogP contribution is 2.25. The van der Waals surface area contributed by atoms with Crippen LogP contribution in [0.3, 0.4) is 0 Å². The Balaban J connectivity index is 1.60. The predicted molar refractivity (Wildman–Crippen MR) is 94.1 cm³/mol. The Kier molecular flexibility index (Phi) is 7.96. The number of esters is 1. The van der Waals surface area contributed by atoms with Crippen LogP contribution in [0.5, 0.6) is 11.5 Å². The van der Waals surface area contributed by atoms with Crippen LogP contribution in [0.4, 0.5) is 5.69 Å². The molecule has 3 unspecified atom stereocenters. The third-order valence-electron chi connectivity index (χ3n) is 3.94. The number of carbonyl (C=O) groups excluding carboxylic acids is 1. The Morgan fingerprint density at radius 3 is 2.77 bits per heavy atom. The lowest BCUT2D eigenvalue weighted by molar-refractivity contribution is -0.145. The molecule has 8 nitrogen and oxygen atoms in total. The lowest BCUT2D eigenvalue weighted by Crippen LogP contribution is -2.21. The highest BCUT2D eigenvalue weighted by Gasteiger charge is 2.31. The molecule has 0 amide bonds.